The molecule has 1 rings (SSSR count). The molecule has 0 aromatic heterocycles. The predicted octanol–water partition coefficient (Wildman–Crippen LogP) is 1.38. The van der Waals surface area contributed by atoms with E-state index in [1.54, 1.807) is 13.0 Å². The van der Waals surface area contributed by atoms with Gasteiger partial charge in [-0.05, 0) is 18.6 Å². The van der Waals surface area contributed by atoms with Crippen LogP contribution in [-0.4, -0.2) is 25.0 Å². The summed E-state index contributed by atoms with van der Waals surface area (Å²) in [5.74, 6) is -0.793. The lowest BCUT2D eigenvalue weighted by Crippen LogP contribution is -2.38. The quantitative estimate of drug-likeness (QED) is 0.631. The van der Waals surface area contributed by atoms with Crippen molar-refractivity contribution in [1.29, 1.82) is 0 Å². The SMILES string of the molecule is COC(=O)C(C)NC(=O)/C=C/c1ccccc1. The minimum Gasteiger partial charge on any atom is -0.467 e. The molecule has 1 amide bonds. The number of esters is 1. The van der Waals surface area contributed by atoms with Crippen LogP contribution >= 0.6 is 0 Å². The fourth-order valence-electron chi connectivity index (χ4n) is 1.23. The molecule has 1 aromatic rings. The Kier molecular flexibility index (Phi) is 4.94. The van der Waals surface area contributed by atoms with Crippen molar-refractivity contribution in [3.05, 3.63) is 42.0 Å². The van der Waals surface area contributed by atoms with E-state index in [9.17, 15) is 9.59 Å². The smallest absolute Gasteiger partial charge is 0.328 e. The molecule has 0 aliphatic rings. The summed E-state index contributed by atoms with van der Waals surface area (Å²) in [6.45, 7) is 1.57. The van der Waals surface area contributed by atoms with Crippen LogP contribution in [0.4, 0.5) is 0 Å². The van der Waals surface area contributed by atoms with E-state index in [0.717, 1.165) is 5.56 Å². The van der Waals surface area contributed by atoms with E-state index >= 15 is 0 Å². The number of hydrogen-bond donors (Lipinski definition) is 1. The van der Waals surface area contributed by atoms with Crippen molar-refractivity contribution in [2.45, 2.75) is 13.0 Å². The zero-order valence-electron chi connectivity index (χ0n) is 9.84. The molecule has 0 saturated carbocycles. The molecule has 0 bridgehead atoms. The third-order valence-electron chi connectivity index (χ3n) is 2.14. The second kappa shape index (κ2) is 6.48. The summed E-state index contributed by atoms with van der Waals surface area (Å²) in [5, 5.41) is 2.50. The molecule has 0 fully saturated rings. The minimum absolute atomic E-state index is 0.327. The lowest BCUT2D eigenvalue weighted by Gasteiger charge is -2.09. The predicted molar refractivity (Wildman–Crippen MR) is 65.1 cm³/mol. The summed E-state index contributed by atoms with van der Waals surface area (Å²) in [6, 6.07) is 8.79. The first-order valence-electron chi connectivity index (χ1n) is 5.25. The standard InChI is InChI=1S/C13H15NO3/c1-10(13(16)17-2)14-12(15)9-8-11-6-4-3-5-7-11/h3-10H,1-2H3,(H,14,15)/b9-8+. The van der Waals surface area contributed by atoms with Crippen LogP contribution in [0.3, 0.4) is 0 Å². The molecule has 4 heteroatoms. The number of amides is 1. The van der Waals surface area contributed by atoms with Gasteiger partial charge in [-0.15, -0.1) is 0 Å². The molecule has 0 spiro atoms. The van der Waals surface area contributed by atoms with Gasteiger partial charge in [0.05, 0.1) is 7.11 Å². The van der Waals surface area contributed by atoms with E-state index in [1.807, 2.05) is 30.3 Å². The number of carbonyl (C=O) groups is 2. The van der Waals surface area contributed by atoms with Gasteiger partial charge in [-0.1, -0.05) is 30.3 Å². The first kappa shape index (κ1) is 13.0. The molecule has 0 saturated heterocycles. The van der Waals surface area contributed by atoms with Gasteiger partial charge in [0, 0.05) is 6.08 Å². The van der Waals surface area contributed by atoms with Gasteiger partial charge in [-0.25, -0.2) is 4.79 Å². The van der Waals surface area contributed by atoms with E-state index in [-0.39, 0.29) is 5.91 Å². The van der Waals surface area contributed by atoms with Gasteiger partial charge in [0.2, 0.25) is 5.91 Å². The molecule has 17 heavy (non-hydrogen) atoms. The molecule has 1 N–H and O–H groups in total. The van der Waals surface area contributed by atoms with Crippen LogP contribution in [0.15, 0.2) is 36.4 Å². The second-order valence-corrected chi connectivity index (χ2v) is 3.50. The molecule has 0 radical (unpaired) electrons. The van der Waals surface area contributed by atoms with E-state index in [1.165, 1.54) is 13.2 Å². The van der Waals surface area contributed by atoms with Gasteiger partial charge < -0.3 is 10.1 Å². The van der Waals surface area contributed by atoms with Crippen molar-refractivity contribution in [2.75, 3.05) is 7.11 Å². The molecule has 0 aliphatic carbocycles. The normalized spacial score (nSPS) is 12.1. The Hall–Kier alpha value is -2.10. The number of rotatable bonds is 4. The molecule has 1 unspecified atom stereocenters. The summed E-state index contributed by atoms with van der Waals surface area (Å²) >= 11 is 0. The van der Waals surface area contributed by atoms with E-state index < -0.39 is 12.0 Å². The molecule has 1 aromatic carbocycles. The number of hydrogen-bond acceptors (Lipinski definition) is 3. The van der Waals surface area contributed by atoms with Crippen molar-refractivity contribution in [2.24, 2.45) is 0 Å². The van der Waals surface area contributed by atoms with Crippen LogP contribution in [0, 0.1) is 0 Å². The summed E-state index contributed by atoms with van der Waals surface area (Å²) in [6.07, 6.45) is 3.06. The second-order valence-electron chi connectivity index (χ2n) is 3.50. The monoisotopic (exact) mass is 233 g/mol. The number of ether oxygens (including phenoxy) is 1. The van der Waals surface area contributed by atoms with Crippen LogP contribution < -0.4 is 5.32 Å². The average molecular weight is 233 g/mol. The minimum atomic E-state index is -0.645. The number of nitrogens with one attached hydrogen (secondary N) is 1. The molecule has 4 nitrogen and oxygen atoms in total. The number of methoxy groups -OCH3 is 1. The Morgan fingerprint density at radius 3 is 2.53 bits per heavy atom. The zero-order chi connectivity index (χ0) is 12.7. The van der Waals surface area contributed by atoms with Crippen molar-refractivity contribution in [3.8, 4) is 0 Å². The molecule has 0 heterocycles. The Morgan fingerprint density at radius 1 is 1.29 bits per heavy atom. The Labute approximate surface area is 100 Å². The van der Waals surface area contributed by atoms with Crippen molar-refractivity contribution in [3.63, 3.8) is 0 Å². The third-order valence-corrected chi connectivity index (χ3v) is 2.14. The van der Waals surface area contributed by atoms with E-state index in [0.29, 0.717) is 0 Å². The van der Waals surface area contributed by atoms with Crippen LogP contribution in [0.1, 0.15) is 12.5 Å². The maximum absolute atomic E-state index is 11.4. The maximum Gasteiger partial charge on any atom is 0.328 e. The van der Waals surface area contributed by atoms with Gasteiger partial charge in [0.1, 0.15) is 6.04 Å². The highest BCUT2D eigenvalue weighted by atomic mass is 16.5. The summed E-state index contributed by atoms with van der Waals surface area (Å²) in [7, 11) is 1.28. The first-order valence-corrected chi connectivity index (χ1v) is 5.25. The summed E-state index contributed by atoms with van der Waals surface area (Å²) < 4.78 is 4.50. The van der Waals surface area contributed by atoms with Crippen molar-refractivity contribution in [1.82, 2.24) is 5.32 Å². The van der Waals surface area contributed by atoms with Crippen LogP contribution in [0.2, 0.25) is 0 Å². The third kappa shape index (κ3) is 4.51. The van der Waals surface area contributed by atoms with Crippen LogP contribution in [-0.2, 0) is 14.3 Å². The average Bonchev–Trinajstić information content (AvgIpc) is 2.36. The first-order chi connectivity index (χ1) is 8.13. The fourth-order valence-corrected chi connectivity index (χ4v) is 1.23. The number of carbonyl (C=O) groups excluding carboxylic acids is 2. The molecule has 1 atom stereocenters. The van der Waals surface area contributed by atoms with Crippen molar-refractivity contribution < 1.29 is 14.3 Å². The molecular weight excluding hydrogens is 218 g/mol. The Balaban J connectivity index is 2.50. The van der Waals surface area contributed by atoms with Gasteiger partial charge in [-0.3, -0.25) is 4.79 Å². The van der Waals surface area contributed by atoms with Crippen LogP contribution in [0.25, 0.3) is 6.08 Å². The highest BCUT2D eigenvalue weighted by Crippen LogP contribution is 2.00. The van der Waals surface area contributed by atoms with E-state index in [4.69, 9.17) is 0 Å². The lowest BCUT2D eigenvalue weighted by atomic mass is 10.2. The van der Waals surface area contributed by atoms with Gasteiger partial charge in [0.15, 0.2) is 0 Å². The van der Waals surface area contributed by atoms with Gasteiger partial charge in [0.25, 0.3) is 0 Å². The molecular formula is C13H15NO3. The van der Waals surface area contributed by atoms with Crippen LogP contribution in [0.5, 0.6) is 0 Å². The zero-order valence-corrected chi connectivity index (χ0v) is 9.84. The lowest BCUT2D eigenvalue weighted by molar-refractivity contribution is -0.144. The Bertz CT molecular complexity index is 412. The topological polar surface area (TPSA) is 55.4 Å². The highest BCUT2D eigenvalue weighted by molar-refractivity contribution is 5.94. The molecule has 0 aliphatic heterocycles. The van der Waals surface area contributed by atoms with Gasteiger partial charge >= 0.3 is 5.97 Å². The summed E-state index contributed by atoms with van der Waals surface area (Å²) in [5.41, 5.74) is 0.924. The largest absolute Gasteiger partial charge is 0.467 e. The Morgan fingerprint density at radius 2 is 1.94 bits per heavy atom. The highest BCUT2D eigenvalue weighted by Gasteiger charge is 2.13. The summed E-state index contributed by atoms with van der Waals surface area (Å²) in [4.78, 5) is 22.5. The molecule has 90 valence electrons. The van der Waals surface area contributed by atoms with Gasteiger partial charge in [-0.2, -0.15) is 0 Å². The van der Waals surface area contributed by atoms with Crippen molar-refractivity contribution >= 4 is 18.0 Å². The number of benzene rings is 1. The maximum atomic E-state index is 11.4. The fraction of sp³-hybridized carbons (Fsp3) is 0.231. The van der Waals surface area contributed by atoms with E-state index in [2.05, 4.69) is 10.1 Å².